The highest BCUT2D eigenvalue weighted by Gasteiger charge is 2.19. The van der Waals surface area contributed by atoms with Crippen molar-refractivity contribution in [2.45, 2.75) is 25.8 Å². The number of carbonyl (C=O) groups excluding carboxylic acids is 1. The van der Waals surface area contributed by atoms with Gasteiger partial charge < -0.3 is 22.5 Å². The van der Waals surface area contributed by atoms with E-state index in [4.69, 9.17) is 5.21 Å². The number of amides is 1. The van der Waals surface area contributed by atoms with Gasteiger partial charge >= 0.3 is 0 Å². The molecule has 1 amide bonds. The van der Waals surface area contributed by atoms with Crippen molar-refractivity contribution in [3.63, 3.8) is 0 Å². The molecule has 0 radical (unpaired) electrons. The maximum Gasteiger partial charge on any atom is 0.288 e. The molecule has 0 aromatic carbocycles. The van der Waals surface area contributed by atoms with Crippen LogP contribution in [0.25, 0.3) is 0 Å². The van der Waals surface area contributed by atoms with E-state index in [2.05, 4.69) is 5.16 Å². The Morgan fingerprint density at radius 2 is 1.95 bits per heavy atom. The van der Waals surface area contributed by atoms with Gasteiger partial charge in [-0.05, 0) is 19.3 Å². The topological polar surface area (TPSA) is 56.8 Å². The van der Waals surface area contributed by atoms with Gasteiger partial charge in [0.2, 0.25) is 6.54 Å². The van der Waals surface area contributed by atoms with Crippen LogP contribution in [0.5, 0.6) is 0 Å². The van der Waals surface area contributed by atoms with Crippen LogP contribution in [0.15, 0.2) is 29.7 Å². The third-order valence-corrected chi connectivity index (χ3v) is 3.15. The molecule has 6 heteroatoms. The zero-order chi connectivity index (χ0) is 12.8. The molecule has 1 aliphatic heterocycles. The third kappa shape index (κ3) is 4.52. The predicted molar refractivity (Wildman–Crippen MR) is 66.4 cm³/mol. The minimum absolute atomic E-state index is 0. The standard InChI is InChI=1S/C13H17N3O2.ClH/c17-13(16-6-2-1-3-7-16)11-15-8-4-12(5-9-15)10-14-18;/h4-5,8-10H,1-3,6-7,11H2;1H. The third-order valence-electron chi connectivity index (χ3n) is 3.15. The average Bonchev–Trinajstić information content (AvgIpc) is 2.42. The van der Waals surface area contributed by atoms with Crippen molar-refractivity contribution in [3.05, 3.63) is 30.1 Å². The Kier molecular flexibility index (Phi) is 6.29. The summed E-state index contributed by atoms with van der Waals surface area (Å²) in [6.07, 6.45) is 8.45. The maximum absolute atomic E-state index is 12.0. The second-order valence-corrected chi connectivity index (χ2v) is 4.49. The molecule has 0 atom stereocenters. The minimum Gasteiger partial charge on any atom is -1.00 e. The van der Waals surface area contributed by atoms with Crippen molar-refractivity contribution in [1.82, 2.24) is 4.90 Å². The van der Waals surface area contributed by atoms with Gasteiger partial charge in [-0.25, -0.2) is 0 Å². The summed E-state index contributed by atoms with van der Waals surface area (Å²) in [4.78, 5) is 13.9. The SMILES string of the molecule is O=C(C[n+]1ccc(C=NO)cc1)N1CCCCC1.[Cl-]. The van der Waals surface area contributed by atoms with E-state index in [0.29, 0.717) is 6.54 Å². The van der Waals surface area contributed by atoms with Crippen LogP contribution in [0.1, 0.15) is 24.8 Å². The number of pyridine rings is 1. The molecule has 19 heavy (non-hydrogen) atoms. The van der Waals surface area contributed by atoms with E-state index in [-0.39, 0.29) is 18.3 Å². The summed E-state index contributed by atoms with van der Waals surface area (Å²) in [5.74, 6) is 0.170. The van der Waals surface area contributed by atoms with Gasteiger partial charge in [-0.3, -0.25) is 4.79 Å². The minimum atomic E-state index is 0. The summed E-state index contributed by atoms with van der Waals surface area (Å²) in [6.45, 7) is 2.14. The van der Waals surface area contributed by atoms with Gasteiger partial charge in [-0.1, -0.05) is 5.16 Å². The highest BCUT2D eigenvalue weighted by atomic mass is 35.5. The second kappa shape index (κ2) is 7.74. The first-order chi connectivity index (χ1) is 8.79. The van der Waals surface area contributed by atoms with E-state index in [1.165, 1.54) is 12.6 Å². The number of rotatable bonds is 3. The van der Waals surface area contributed by atoms with Crippen LogP contribution >= 0.6 is 0 Å². The summed E-state index contributed by atoms with van der Waals surface area (Å²) < 4.78 is 1.84. The first-order valence-electron chi connectivity index (χ1n) is 6.24. The van der Waals surface area contributed by atoms with Crippen LogP contribution in [0.4, 0.5) is 0 Å². The van der Waals surface area contributed by atoms with Gasteiger partial charge in [0.15, 0.2) is 12.4 Å². The molecule has 1 aromatic heterocycles. The Bertz CT molecular complexity index is 428. The molecule has 2 rings (SSSR count). The van der Waals surface area contributed by atoms with Gasteiger partial charge in [0.1, 0.15) is 0 Å². The number of oxime groups is 1. The molecular weight excluding hydrogens is 266 g/mol. The Morgan fingerprint density at radius 1 is 1.32 bits per heavy atom. The fourth-order valence-electron chi connectivity index (χ4n) is 2.13. The first-order valence-corrected chi connectivity index (χ1v) is 6.24. The van der Waals surface area contributed by atoms with Crippen LogP contribution in [0.3, 0.4) is 0 Å². The van der Waals surface area contributed by atoms with Crippen molar-refractivity contribution in [2.24, 2.45) is 5.16 Å². The van der Waals surface area contributed by atoms with E-state index in [9.17, 15) is 4.79 Å². The summed E-state index contributed by atoms with van der Waals surface area (Å²) in [5, 5.41) is 11.4. The van der Waals surface area contributed by atoms with Gasteiger partial charge in [0.05, 0.1) is 6.21 Å². The van der Waals surface area contributed by atoms with Crippen molar-refractivity contribution in [2.75, 3.05) is 13.1 Å². The Hall–Kier alpha value is -1.62. The molecule has 2 heterocycles. The van der Waals surface area contributed by atoms with Crippen molar-refractivity contribution in [3.8, 4) is 0 Å². The number of nitrogens with zero attached hydrogens (tertiary/aromatic N) is 3. The number of hydrogen-bond acceptors (Lipinski definition) is 3. The zero-order valence-corrected chi connectivity index (χ0v) is 11.5. The smallest absolute Gasteiger partial charge is 0.288 e. The van der Waals surface area contributed by atoms with E-state index in [1.54, 1.807) is 0 Å². The molecule has 1 fully saturated rings. The first kappa shape index (κ1) is 15.4. The van der Waals surface area contributed by atoms with Gasteiger partial charge in [-0.15, -0.1) is 0 Å². The molecule has 104 valence electrons. The van der Waals surface area contributed by atoms with Crippen LogP contribution in [-0.2, 0) is 11.3 Å². The average molecular weight is 284 g/mol. The number of aromatic nitrogens is 1. The van der Waals surface area contributed by atoms with Crippen molar-refractivity contribution >= 4 is 12.1 Å². The quantitative estimate of drug-likeness (QED) is 0.296. The molecular formula is C13H18ClN3O2. The number of hydrogen-bond donors (Lipinski definition) is 1. The summed E-state index contributed by atoms with van der Waals surface area (Å²) in [7, 11) is 0. The van der Waals surface area contributed by atoms with Crippen LogP contribution in [0, 0.1) is 0 Å². The molecule has 0 spiro atoms. The van der Waals surface area contributed by atoms with E-state index in [1.807, 2.05) is 34.0 Å². The Morgan fingerprint density at radius 3 is 2.53 bits per heavy atom. The lowest BCUT2D eigenvalue weighted by Crippen LogP contribution is -3.00. The lowest BCUT2D eigenvalue weighted by atomic mass is 10.1. The fourth-order valence-corrected chi connectivity index (χ4v) is 2.13. The predicted octanol–water partition coefficient (Wildman–Crippen LogP) is -2.20. The number of carbonyl (C=O) groups is 1. The molecule has 1 saturated heterocycles. The molecule has 0 bridgehead atoms. The monoisotopic (exact) mass is 283 g/mol. The van der Waals surface area contributed by atoms with Crippen LogP contribution in [0.2, 0.25) is 0 Å². The van der Waals surface area contributed by atoms with Gasteiger partial charge in [0.25, 0.3) is 5.91 Å². The van der Waals surface area contributed by atoms with E-state index < -0.39 is 0 Å². The molecule has 0 aliphatic carbocycles. The normalized spacial score (nSPS) is 15.3. The van der Waals surface area contributed by atoms with Crippen molar-refractivity contribution in [1.29, 1.82) is 0 Å². The zero-order valence-electron chi connectivity index (χ0n) is 10.7. The van der Waals surface area contributed by atoms with Crippen LogP contribution < -0.4 is 17.0 Å². The summed E-state index contributed by atoms with van der Waals surface area (Å²) in [5.41, 5.74) is 0.805. The highest BCUT2D eigenvalue weighted by Crippen LogP contribution is 2.08. The molecule has 0 saturated carbocycles. The highest BCUT2D eigenvalue weighted by molar-refractivity contribution is 5.78. The molecule has 1 N–H and O–H groups in total. The Labute approximate surface area is 118 Å². The maximum atomic E-state index is 12.0. The summed E-state index contributed by atoms with van der Waals surface area (Å²) >= 11 is 0. The lowest BCUT2D eigenvalue weighted by Gasteiger charge is -2.25. The number of piperidine rings is 1. The van der Waals surface area contributed by atoms with Gasteiger partial charge in [-0.2, -0.15) is 4.57 Å². The fraction of sp³-hybridized carbons (Fsp3) is 0.462. The van der Waals surface area contributed by atoms with Crippen LogP contribution in [-0.4, -0.2) is 35.3 Å². The largest absolute Gasteiger partial charge is 1.00 e. The second-order valence-electron chi connectivity index (χ2n) is 4.49. The lowest BCUT2D eigenvalue weighted by molar-refractivity contribution is -0.685. The van der Waals surface area contributed by atoms with E-state index >= 15 is 0 Å². The molecule has 1 aromatic rings. The number of halogens is 1. The molecule has 0 unspecified atom stereocenters. The Balaban J connectivity index is 0.00000180. The molecule has 5 nitrogen and oxygen atoms in total. The summed E-state index contributed by atoms with van der Waals surface area (Å²) in [6, 6.07) is 3.62. The van der Waals surface area contributed by atoms with Gasteiger partial charge in [0, 0.05) is 30.8 Å². The van der Waals surface area contributed by atoms with Crippen molar-refractivity contribution < 1.29 is 27.0 Å². The van der Waals surface area contributed by atoms with E-state index in [0.717, 1.165) is 31.5 Å². The number of likely N-dealkylation sites (tertiary alicyclic amines) is 1. The molecule has 1 aliphatic rings.